The minimum atomic E-state index is -3.97. The summed E-state index contributed by atoms with van der Waals surface area (Å²) in [4.78, 5) is 2.25. The average molecular weight is 467 g/mol. The number of hydrogen-bond donors (Lipinski definition) is 0. The highest BCUT2D eigenvalue weighted by atomic mass is 35.5. The third-order valence-electron chi connectivity index (χ3n) is 6.70. The normalized spacial score (nSPS) is 22.7. The summed E-state index contributed by atoms with van der Waals surface area (Å²) in [5.74, 6) is 0.913. The second kappa shape index (κ2) is 7.65. The zero-order valence-electron chi connectivity index (χ0n) is 17.7. The molecule has 0 spiro atoms. The highest BCUT2D eigenvalue weighted by molar-refractivity contribution is 7.93. The van der Waals surface area contributed by atoms with Gasteiger partial charge in [-0.1, -0.05) is 29.8 Å². The Morgan fingerprint density at radius 3 is 2.53 bits per heavy atom. The Hall–Kier alpha value is -2.82. The summed E-state index contributed by atoms with van der Waals surface area (Å²) in [6, 6.07) is 17.8. The SMILES string of the molecule is Cc1nn(-c2ccccc2)c2c1C[C@@](C#N)(S(=O)(=O)c1ccc(Cl)cc1)[C@H]1CCCCN21. The lowest BCUT2D eigenvalue weighted by atomic mass is 9.82. The number of fused-ring (bicyclic) bond motifs is 3. The van der Waals surface area contributed by atoms with Crippen molar-refractivity contribution in [2.24, 2.45) is 0 Å². The fourth-order valence-electron chi connectivity index (χ4n) is 5.12. The van der Waals surface area contributed by atoms with Crippen LogP contribution in [0.3, 0.4) is 0 Å². The van der Waals surface area contributed by atoms with Crippen LogP contribution < -0.4 is 4.90 Å². The minimum absolute atomic E-state index is 0.115. The van der Waals surface area contributed by atoms with Crippen molar-refractivity contribution in [1.82, 2.24) is 9.78 Å². The van der Waals surface area contributed by atoms with Crippen LogP contribution in [0.1, 0.15) is 30.5 Å². The molecule has 6 nitrogen and oxygen atoms in total. The molecular formula is C24H23ClN4O2S. The smallest absolute Gasteiger partial charge is 0.199 e. The van der Waals surface area contributed by atoms with Crippen molar-refractivity contribution in [2.75, 3.05) is 11.4 Å². The van der Waals surface area contributed by atoms with Crippen molar-refractivity contribution >= 4 is 27.3 Å². The Bertz CT molecular complexity index is 1310. The molecule has 3 heterocycles. The van der Waals surface area contributed by atoms with Crippen LogP contribution in [0.5, 0.6) is 0 Å². The summed E-state index contributed by atoms with van der Waals surface area (Å²) in [5, 5.41) is 15.7. The van der Waals surface area contributed by atoms with Gasteiger partial charge in [0.1, 0.15) is 5.82 Å². The van der Waals surface area contributed by atoms with Gasteiger partial charge in [-0.3, -0.25) is 0 Å². The van der Waals surface area contributed by atoms with Crippen LogP contribution in [0.4, 0.5) is 5.82 Å². The van der Waals surface area contributed by atoms with E-state index in [2.05, 4.69) is 11.0 Å². The van der Waals surface area contributed by atoms with Gasteiger partial charge in [-0.2, -0.15) is 10.4 Å². The number of halogens is 1. The third-order valence-corrected chi connectivity index (χ3v) is 9.31. The number of para-hydroxylation sites is 1. The molecule has 1 saturated heterocycles. The van der Waals surface area contributed by atoms with Crippen molar-refractivity contribution in [3.63, 3.8) is 0 Å². The number of aromatic nitrogens is 2. The lowest BCUT2D eigenvalue weighted by Gasteiger charge is -2.48. The molecule has 32 heavy (non-hydrogen) atoms. The summed E-state index contributed by atoms with van der Waals surface area (Å²) in [6.07, 6.45) is 2.58. The van der Waals surface area contributed by atoms with E-state index in [0.29, 0.717) is 18.0 Å². The third kappa shape index (κ3) is 2.97. The predicted octanol–water partition coefficient (Wildman–Crippen LogP) is 4.49. The highest BCUT2D eigenvalue weighted by Crippen LogP contribution is 2.47. The number of sulfone groups is 1. The van der Waals surface area contributed by atoms with Crippen LogP contribution in [-0.2, 0) is 16.3 Å². The van der Waals surface area contributed by atoms with Gasteiger partial charge in [0.15, 0.2) is 14.6 Å². The zero-order chi connectivity index (χ0) is 22.5. The second-order valence-electron chi connectivity index (χ2n) is 8.48. The maximum Gasteiger partial charge on any atom is 0.199 e. The number of nitrogens with zero attached hydrogens (tertiary/aromatic N) is 4. The highest BCUT2D eigenvalue weighted by Gasteiger charge is 2.58. The van der Waals surface area contributed by atoms with Crippen LogP contribution in [0.2, 0.25) is 5.02 Å². The largest absolute Gasteiger partial charge is 0.351 e. The quantitative estimate of drug-likeness (QED) is 0.568. The molecule has 2 aliphatic rings. The Morgan fingerprint density at radius 1 is 1.12 bits per heavy atom. The molecule has 8 heteroatoms. The van der Waals surface area contributed by atoms with E-state index in [0.717, 1.165) is 35.6 Å². The fourth-order valence-corrected chi connectivity index (χ4v) is 7.22. The van der Waals surface area contributed by atoms with Gasteiger partial charge in [0, 0.05) is 23.6 Å². The molecule has 2 atom stereocenters. The van der Waals surface area contributed by atoms with Gasteiger partial charge in [0.05, 0.1) is 28.4 Å². The summed E-state index contributed by atoms with van der Waals surface area (Å²) >= 11 is 6.00. The number of anilines is 1. The van der Waals surface area contributed by atoms with Gasteiger partial charge >= 0.3 is 0 Å². The van der Waals surface area contributed by atoms with Gasteiger partial charge in [-0.25, -0.2) is 13.1 Å². The van der Waals surface area contributed by atoms with E-state index in [9.17, 15) is 13.7 Å². The predicted molar refractivity (Wildman–Crippen MR) is 124 cm³/mol. The van der Waals surface area contributed by atoms with Gasteiger partial charge < -0.3 is 4.90 Å². The van der Waals surface area contributed by atoms with Gasteiger partial charge in [-0.15, -0.1) is 0 Å². The standard InChI is InChI=1S/C24H23ClN4O2S/c1-17-21-15-24(16-26,32(30,31)20-12-10-18(25)11-13-20)22-9-5-6-14-28(22)23(21)29(27-17)19-7-3-2-4-8-19/h2-4,7-8,10-13,22H,5-6,9,14-15H2,1H3/t22-,24+/m1/s1. The molecule has 0 bridgehead atoms. The number of piperidine rings is 1. The molecule has 0 aliphatic carbocycles. The lowest BCUT2D eigenvalue weighted by Crippen LogP contribution is -2.62. The first kappa shape index (κ1) is 21.0. The van der Waals surface area contributed by atoms with Crippen molar-refractivity contribution in [3.8, 4) is 11.8 Å². The first-order valence-electron chi connectivity index (χ1n) is 10.7. The van der Waals surface area contributed by atoms with E-state index in [-0.39, 0.29) is 11.3 Å². The molecule has 164 valence electrons. The fraction of sp³-hybridized carbons (Fsp3) is 0.333. The second-order valence-corrected chi connectivity index (χ2v) is 11.1. The molecule has 0 saturated carbocycles. The van der Waals surface area contributed by atoms with Gasteiger partial charge in [0.2, 0.25) is 0 Å². The molecule has 2 aliphatic heterocycles. The zero-order valence-corrected chi connectivity index (χ0v) is 19.3. The lowest BCUT2D eigenvalue weighted by molar-refractivity contribution is 0.374. The number of hydrogen-bond acceptors (Lipinski definition) is 5. The van der Waals surface area contributed by atoms with Crippen LogP contribution in [0, 0.1) is 18.3 Å². The monoisotopic (exact) mass is 466 g/mol. The van der Waals surface area contributed by atoms with E-state index in [4.69, 9.17) is 16.7 Å². The number of benzene rings is 2. The molecule has 2 aromatic carbocycles. The van der Waals surface area contributed by atoms with E-state index >= 15 is 0 Å². The molecular weight excluding hydrogens is 444 g/mol. The average Bonchev–Trinajstić information content (AvgIpc) is 3.15. The molecule has 3 aromatic rings. The van der Waals surface area contributed by atoms with Crippen molar-refractivity contribution in [1.29, 1.82) is 5.26 Å². The van der Waals surface area contributed by atoms with E-state index in [1.54, 1.807) is 12.1 Å². The first-order chi connectivity index (χ1) is 15.4. The maximum atomic E-state index is 14.0. The Kier molecular flexibility index (Phi) is 5.03. The summed E-state index contributed by atoms with van der Waals surface area (Å²) in [7, 11) is -3.97. The molecule has 5 rings (SSSR count). The van der Waals surface area contributed by atoms with Crippen LogP contribution in [0.15, 0.2) is 59.5 Å². The summed E-state index contributed by atoms with van der Waals surface area (Å²) in [5.41, 5.74) is 2.50. The number of nitriles is 1. The molecule has 0 unspecified atom stereocenters. The van der Waals surface area contributed by atoms with Crippen LogP contribution >= 0.6 is 11.6 Å². The van der Waals surface area contributed by atoms with Gasteiger partial charge in [-0.05, 0) is 62.6 Å². The minimum Gasteiger partial charge on any atom is -0.351 e. The Labute approximate surface area is 193 Å². The van der Waals surface area contributed by atoms with Crippen LogP contribution in [-0.4, -0.2) is 35.5 Å². The molecule has 1 fully saturated rings. The molecule has 0 radical (unpaired) electrons. The van der Waals surface area contributed by atoms with Crippen molar-refractivity contribution in [3.05, 3.63) is 70.9 Å². The Morgan fingerprint density at radius 2 is 1.84 bits per heavy atom. The van der Waals surface area contributed by atoms with E-state index < -0.39 is 20.6 Å². The Balaban J connectivity index is 1.73. The first-order valence-corrected chi connectivity index (χ1v) is 12.6. The van der Waals surface area contributed by atoms with Crippen molar-refractivity contribution in [2.45, 2.75) is 48.3 Å². The summed E-state index contributed by atoms with van der Waals surface area (Å²) in [6.45, 7) is 2.58. The van der Waals surface area contributed by atoms with E-state index in [1.165, 1.54) is 12.1 Å². The number of aryl methyl sites for hydroxylation is 1. The van der Waals surface area contributed by atoms with Crippen molar-refractivity contribution < 1.29 is 8.42 Å². The van der Waals surface area contributed by atoms with Crippen LogP contribution in [0.25, 0.3) is 5.69 Å². The van der Waals surface area contributed by atoms with Gasteiger partial charge in [0.25, 0.3) is 0 Å². The van der Waals surface area contributed by atoms with E-state index in [1.807, 2.05) is 41.9 Å². The number of rotatable bonds is 3. The maximum absolute atomic E-state index is 14.0. The summed E-state index contributed by atoms with van der Waals surface area (Å²) < 4.78 is 28.3. The molecule has 1 aromatic heterocycles. The topological polar surface area (TPSA) is 79.0 Å². The molecule has 0 amide bonds. The molecule has 0 N–H and O–H groups in total.